The van der Waals surface area contributed by atoms with Gasteiger partial charge in [0.1, 0.15) is 5.75 Å². The number of primary amides is 1. The Bertz CT molecular complexity index is 1120. The van der Waals surface area contributed by atoms with Crippen molar-refractivity contribution >= 4 is 45.4 Å². The van der Waals surface area contributed by atoms with Gasteiger partial charge >= 0.3 is 5.97 Å². The Morgan fingerprint density at radius 3 is 2.73 bits per heavy atom. The van der Waals surface area contributed by atoms with Crippen LogP contribution in [0.4, 0.5) is 0 Å². The van der Waals surface area contributed by atoms with Crippen LogP contribution in [0.3, 0.4) is 0 Å². The molecule has 4 rings (SSSR count). The topological polar surface area (TPSA) is 94.6 Å². The van der Waals surface area contributed by atoms with Gasteiger partial charge in [-0.05, 0) is 77.2 Å². The summed E-state index contributed by atoms with van der Waals surface area (Å²) in [6.07, 6.45) is 3.43. The van der Waals surface area contributed by atoms with Crippen LogP contribution >= 0.6 is 22.6 Å². The molecule has 30 heavy (non-hydrogen) atoms. The summed E-state index contributed by atoms with van der Waals surface area (Å²) < 4.78 is 9.03. The van der Waals surface area contributed by atoms with Crippen molar-refractivity contribution in [3.05, 3.63) is 62.9 Å². The molecule has 1 atom stereocenters. The minimum absolute atomic E-state index is 0.348. The predicted molar refractivity (Wildman–Crippen MR) is 123 cm³/mol. The van der Waals surface area contributed by atoms with Gasteiger partial charge in [-0.25, -0.2) is 4.79 Å². The number of rotatable bonds is 6. The molecule has 0 saturated carbocycles. The van der Waals surface area contributed by atoms with Gasteiger partial charge in [0.05, 0.1) is 11.4 Å². The molecule has 0 radical (unpaired) electrons. The van der Waals surface area contributed by atoms with Gasteiger partial charge in [0, 0.05) is 21.2 Å². The zero-order chi connectivity index (χ0) is 21.3. The largest absolute Gasteiger partial charge is 0.481 e. The van der Waals surface area contributed by atoms with Gasteiger partial charge in [0.2, 0.25) is 5.91 Å². The lowest BCUT2D eigenvalue weighted by atomic mass is 9.92. The molecular weight excluding hydrogens is 495 g/mol. The summed E-state index contributed by atoms with van der Waals surface area (Å²) in [5.41, 5.74) is 9.92. The second-order valence-electron chi connectivity index (χ2n) is 7.61. The molecule has 0 aliphatic heterocycles. The number of aromatic nitrogens is 1. The van der Waals surface area contributed by atoms with Gasteiger partial charge in [-0.3, -0.25) is 4.79 Å². The average molecular weight is 518 g/mol. The van der Waals surface area contributed by atoms with Crippen LogP contribution in [0.25, 0.3) is 10.9 Å². The van der Waals surface area contributed by atoms with E-state index < -0.39 is 18.5 Å². The molecular formula is C23H23IN2O4. The number of benzene rings is 2. The number of carboxylic acid groups (broad SMARTS) is 1. The molecule has 0 bridgehead atoms. The highest BCUT2D eigenvalue weighted by atomic mass is 127. The second kappa shape index (κ2) is 8.67. The molecule has 0 spiro atoms. The van der Waals surface area contributed by atoms with Crippen molar-refractivity contribution in [2.24, 2.45) is 5.73 Å². The lowest BCUT2D eigenvalue weighted by Gasteiger charge is -2.14. The summed E-state index contributed by atoms with van der Waals surface area (Å²) in [4.78, 5) is 23.5. The van der Waals surface area contributed by atoms with E-state index in [0.29, 0.717) is 18.7 Å². The first-order valence-corrected chi connectivity index (χ1v) is 11.1. The van der Waals surface area contributed by atoms with Gasteiger partial charge in [-0.1, -0.05) is 24.6 Å². The van der Waals surface area contributed by atoms with Gasteiger partial charge in [-0.2, -0.15) is 0 Å². The summed E-state index contributed by atoms with van der Waals surface area (Å²) in [6, 6.07) is 14.0. The van der Waals surface area contributed by atoms with Crippen molar-refractivity contribution in [3.63, 3.8) is 0 Å². The number of carboxylic acids is 1. The number of fused-ring (bicyclic) bond motifs is 3. The third-order valence-electron chi connectivity index (χ3n) is 5.63. The minimum atomic E-state index is -1.04. The highest BCUT2D eigenvalue weighted by molar-refractivity contribution is 14.1. The van der Waals surface area contributed by atoms with E-state index in [-0.39, 0.29) is 5.91 Å². The van der Waals surface area contributed by atoms with Gasteiger partial charge < -0.3 is 20.1 Å². The molecule has 156 valence electrons. The number of amides is 1. The van der Waals surface area contributed by atoms with Gasteiger partial charge in [0.25, 0.3) is 0 Å². The Morgan fingerprint density at radius 1 is 1.20 bits per heavy atom. The fourth-order valence-corrected chi connectivity index (χ4v) is 5.03. The van der Waals surface area contributed by atoms with Crippen molar-refractivity contribution < 1.29 is 19.4 Å². The Labute approximate surface area is 188 Å². The fourth-order valence-electron chi connectivity index (χ4n) is 4.42. The molecule has 1 aromatic heterocycles. The number of hydrogen-bond acceptors (Lipinski definition) is 3. The molecule has 1 aliphatic rings. The Morgan fingerprint density at radius 2 is 2.00 bits per heavy atom. The lowest BCUT2D eigenvalue weighted by Crippen LogP contribution is -2.21. The van der Waals surface area contributed by atoms with E-state index in [9.17, 15) is 9.59 Å². The number of nitrogens with two attached hydrogens (primary N) is 1. The van der Waals surface area contributed by atoms with E-state index in [1.807, 2.05) is 18.2 Å². The lowest BCUT2D eigenvalue weighted by molar-refractivity contribution is -0.139. The Balaban J connectivity index is 1.95. The monoisotopic (exact) mass is 518 g/mol. The minimum Gasteiger partial charge on any atom is -0.481 e. The summed E-state index contributed by atoms with van der Waals surface area (Å²) in [7, 11) is 0. The third-order valence-corrected chi connectivity index (χ3v) is 6.30. The maximum Gasteiger partial charge on any atom is 0.341 e. The van der Waals surface area contributed by atoms with Gasteiger partial charge in [-0.15, -0.1) is 0 Å². The van der Waals surface area contributed by atoms with Crippen LogP contribution in [0.15, 0.2) is 42.5 Å². The van der Waals surface area contributed by atoms with Crippen molar-refractivity contribution in [2.45, 2.75) is 38.1 Å². The maximum absolute atomic E-state index is 12.4. The number of ether oxygens (including phenoxy) is 1. The molecule has 3 aromatic rings. The Hall–Kier alpha value is -2.55. The number of carbonyl (C=O) groups is 2. The van der Waals surface area contributed by atoms with E-state index in [0.717, 1.165) is 45.0 Å². The SMILES string of the molecule is NC(=O)C1CCCCc2c1c1c(OCC(=O)O)cccc1n2Cc1cccc(I)c1. The summed E-state index contributed by atoms with van der Waals surface area (Å²) in [5.74, 6) is -1.31. The van der Waals surface area contributed by atoms with E-state index in [4.69, 9.17) is 15.6 Å². The molecule has 0 saturated heterocycles. The van der Waals surface area contributed by atoms with Crippen LogP contribution in [0.1, 0.15) is 42.0 Å². The van der Waals surface area contributed by atoms with Gasteiger partial charge in [0.15, 0.2) is 6.61 Å². The average Bonchev–Trinajstić information content (AvgIpc) is 2.86. The van der Waals surface area contributed by atoms with Crippen molar-refractivity contribution in [1.29, 1.82) is 0 Å². The molecule has 1 heterocycles. The van der Waals surface area contributed by atoms with Crippen LogP contribution in [0, 0.1) is 3.57 Å². The molecule has 6 nitrogen and oxygen atoms in total. The fraction of sp³-hybridized carbons (Fsp3) is 0.304. The number of carbonyl (C=O) groups excluding carboxylic acids is 1. The van der Waals surface area contributed by atoms with Crippen molar-refractivity contribution in [2.75, 3.05) is 6.61 Å². The smallest absolute Gasteiger partial charge is 0.341 e. The number of aliphatic carboxylic acids is 1. The van der Waals surface area contributed by atoms with Crippen LogP contribution in [0.5, 0.6) is 5.75 Å². The van der Waals surface area contributed by atoms with Crippen LogP contribution < -0.4 is 10.5 Å². The quantitative estimate of drug-likeness (QED) is 0.380. The zero-order valence-corrected chi connectivity index (χ0v) is 18.6. The van der Waals surface area contributed by atoms with Crippen LogP contribution in [-0.2, 0) is 22.6 Å². The van der Waals surface area contributed by atoms with Crippen LogP contribution in [0.2, 0.25) is 0 Å². The third kappa shape index (κ3) is 4.03. The first-order valence-electron chi connectivity index (χ1n) is 9.98. The summed E-state index contributed by atoms with van der Waals surface area (Å²) in [5, 5.41) is 9.90. The molecule has 1 amide bonds. The highest BCUT2D eigenvalue weighted by Gasteiger charge is 2.31. The van der Waals surface area contributed by atoms with E-state index in [1.54, 1.807) is 6.07 Å². The Kier molecular flexibility index (Phi) is 5.99. The standard InChI is InChI=1S/C23H23IN2O4/c24-15-6-3-5-14(11-15)12-26-17-8-2-1-7-16(23(25)29)21(17)22-18(26)9-4-10-19(22)30-13-20(27)28/h3-6,9-11,16H,1-2,7-8,12-13H2,(H2,25,29)(H,27,28). The molecule has 3 N–H and O–H groups in total. The molecule has 1 aliphatic carbocycles. The highest BCUT2D eigenvalue weighted by Crippen LogP contribution is 2.42. The number of hydrogen-bond donors (Lipinski definition) is 2. The zero-order valence-electron chi connectivity index (χ0n) is 16.4. The van der Waals surface area contributed by atoms with Crippen molar-refractivity contribution in [1.82, 2.24) is 4.57 Å². The summed E-state index contributed by atoms with van der Waals surface area (Å²) >= 11 is 2.30. The van der Waals surface area contributed by atoms with E-state index >= 15 is 0 Å². The van der Waals surface area contributed by atoms with Crippen molar-refractivity contribution in [3.8, 4) is 5.75 Å². The second-order valence-corrected chi connectivity index (χ2v) is 8.86. The maximum atomic E-state index is 12.4. The predicted octanol–water partition coefficient (Wildman–Crippen LogP) is 4.05. The number of halogens is 1. The number of nitrogens with zero attached hydrogens (tertiary/aromatic N) is 1. The molecule has 2 aromatic carbocycles. The first kappa shape index (κ1) is 20.7. The van der Waals surface area contributed by atoms with E-state index in [2.05, 4.69) is 45.4 Å². The molecule has 0 fully saturated rings. The van der Waals surface area contributed by atoms with Crippen LogP contribution in [-0.4, -0.2) is 28.2 Å². The first-order chi connectivity index (χ1) is 14.5. The summed E-state index contributed by atoms with van der Waals surface area (Å²) in [6.45, 7) is 0.230. The molecule has 7 heteroatoms. The molecule has 1 unspecified atom stereocenters. The van der Waals surface area contributed by atoms with E-state index in [1.165, 1.54) is 5.56 Å². The normalized spacial score (nSPS) is 16.1.